The van der Waals surface area contributed by atoms with Gasteiger partial charge in [0.15, 0.2) is 0 Å². The van der Waals surface area contributed by atoms with Gasteiger partial charge in [0.1, 0.15) is 16.5 Å². The highest BCUT2D eigenvalue weighted by molar-refractivity contribution is 7.19. The van der Waals surface area contributed by atoms with Gasteiger partial charge in [0.25, 0.3) is 0 Å². The first kappa shape index (κ1) is 13.6. The van der Waals surface area contributed by atoms with Crippen LogP contribution in [0.2, 0.25) is 0 Å². The van der Waals surface area contributed by atoms with Crippen LogP contribution in [-0.2, 0) is 12.8 Å². The summed E-state index contributed by atoms with van der Waals surface area (Å²) in [5.74, 6) is 1.81. The quantitative estimate of drug-likeness (QED) is 0.792. The molecule has 1 aliphatic carbocycles. The first-order valence-corrected chi connectivity index (χ1v) is 8.49. The first-order valence-electron chi connectivity index (χ1n) is 7.67. The van der Waals surface area contributed by atoms with Crippen LogP contribution in [0.1, 0.15) is 41.2 Å². The third-order valence-corrected chi connectivity index (χ3v) is 5.42. The van der Waals surface area contributed by atoms with E-state index in [1.54, 1.807) is 0 Å². The Morgan fingerprint density at radius 1 is 1.18 bits per heavy atom. The first-order chi connectivity index (χ1) is 10.7. The Morgan fingerprint density at radius 3 is 2.82 bits per heavy atom. The molecule has 4 nitrogen and oxygen atoms in total. The minimum Gasteiger partial charge on any atom is -0.363 e. The zero-order valence-corrected chi connectivity index (χ0v) is 13.6. The van der Waals surface area contributed by atoms with Crippen molar-refractivity contribution in [2.24, 2.45) is 0 Å². The number of aromatic nitrogens is 3. The molecule has 3 aromatic heterocycles. The highest BCUT2D eigenvalue weighted by Crippen LogP contribution is 2.40. The maximum atomic E-state index is 4.69. The number of rotatable bonds is 3. The van der Waals surface area contributed by atoms with E-state index in [-0.39, 0.29) is 6.04 Å². The van der Waals surface area contributed by atoms with E-state index in [2.05, 4.69) is 27.2 Å². The number of fused-ring (bicyclic) bond motifs is 3. The lowest BCUT2D eigenvalue weighted by atomic mass is 10.1. The minimum absolute atomic E-state index is 0.192. The Bertz CT molecular complexity index is 826. The normalized spacial score (nSPS) is 15.0. The molecule has 1 unspecified atom stereocenters. The standard InChI is InChI=1S/C17H18N4S/c1-10(12-6-8-18-9-7-12)19-16-15-13-4-3-5-14(13)22-17(15)21-11(2)20-16/h6-10H,3-5H2,1-2H3,(H,19,20,21). The van der Waals surface area contributed by atoms with Gasteiger partial charge in [-0.25, -0.2) is 9.97 Å². The van der Waals surface area contributed by atoms with E-state index in [1.165, 1.54) is 34.2 Å². The molecular weight excluding hydrogens is 292 g/mol. The predicted octanol–water partition coefficient (Wildman–Crippen LogP) is 4.06. The van der Waals surface area contributed by atoms with E-state index < -0.39 is 0 Å². The summed E-state index contributed by atoms with van der Waals surface area (Å²) in [5, 5.41) is 4.83. The molecule has 0 saturated heterocycles. The second-order valence-corrected chi connectivity index (χ2v) is 6.89. The molecule has 0 fully saturated rings. The van der Waals surface area contributed by atoms with Crippen LogP contribution in [0.15, 0.2) is 24.5 Å². The molecule has 1 N–H and O–H groups in total. The number of pyridine rings is 1. The summed E-state index contributed by atoms with van der Waals surface area (Å²) in [7, 11) is 0. The Kier molecular flexibility index (Phi) is 3.30. The molecule has 22 heavy (non-hydrogen) atoms. The van der Waals surface area contributed by atoms with Gasteiger partial charge in [-0.05, 0) is 56.4 Å². The van der Waals surface area contributed by atoms with Crippen LogP contribution in [0.5, 0.6) is 0 Å². The summed E-state index contributed by atoms with van der Waals surface area (Å²) < 4.78 is 0. The Labute approximate surface area is 133 Å². The van der Waals surface area contributed by atoms with E-state index in [1.807, 2.05) is 42.8 Å². The van der Waals surface area contributed by atoms with E-state index in [9.17, 15) is 0 Å². The summed E-state index contributed by atoms with van der Waals surface area (Å²) in [6.07, 6.45) is 7.26. The summed E-state index contributed by atoms with van der Waals surface area (Å²) in [4.78, 5) is 16.0. The largest absolute Gasteiger partial charge is 0.363 e. The zero-order valence-electron chi connectivity index (χ0n) is 12.8. The molecular formula is C17H18N4S. The molecule has 0 aliphatic heterocycles. The number of thiophene rings is 1. The second-order valence-electron chi connectivity index (χ2n) is 5.80. The van der Waals surface area contributed by atoms with Crippen molar-refractivity contribution in [3.63, 3.8) is 0 Å². The van der Waals surface area contributed by atoms with Crippen molar-refractivity contribution in [2.45, 2.75) is 39.2 Å². The number of anilines is 1. The van der Waals surface area contributed by atoms with Crippen molar-refractivity contribution in [3.8, 4) is 0 Å². The van der Waals surface area contributed by atoms with Gasteiger partial charge in [0.05, 0.1) is 11.4 Å². The van der Waals surface area contributed by atoms with Gasteiger partial charge in [-0.1, -0.05) is 0 Å². The molecule has 112 valence electrons. The SMILES string of the molecule is Cc1nc(NC(C)c2ccncc2)c2c3c(sc2n1)CCC3. The maximum absolute atomic E-state index is 4.69. The van der Waals surface area contributed by atoms with Crippen molar-refractivity contribution >= 4 is 27.4 Å². The minimum atomic E-state index is 0.192. The van der Waals surface area contributed by atoms with Crippen LogP contribution in [-0.4, -0.2) is 15.0 Å². The molecule has 5 heteroatoms. The number of nitrogens with zero attached hydrogens (tertiary/aromatic N) is 3. The van der Waals surface area contributed by atoms with Gasteiger partial charge >= 0.3 is 0 Å². The molecule has 1 aliphatic rings. The maximum Gasteiger partial charge on any atom is 0.139 e. The molecule has 3 aromatic rings. The number of hydrogen-bond acceptors (Lipinski definition) is 5. The van der Waals surface area contributed by atoms with Crippen LogP contribution in [0, 0.1) is 6.92 Å². The molecule has 3 heterocycles. The fourth-order valence-corrected chi connectivity index (χ4v) is 4.45. The van der Waals surface area contributed by atoms with Crippen molar-refractivity contribution in [1.29, 1.82) is 0 Å². The Hall–Kier alpha value is -2.01. The molecule has 0 saturated carbocycles. The lowest BCUT2D eigenvalue weighted by Crippen LogP contribution is -2.09. The monoisotopic (exact) mass is 310 g/mol. The summed E-state index contributed by atoms with van der Waals surface area (Å²) >= 11 is 1.84. The van der Waals surface area contributed by atoms with Crippen molar-refractivity contribution in [3.05, 3.63) is 46.4 Å². The van der Waals surface area contributed by atoms with Gasteiger partial charge < -0.3 is 5.32 Å². The molecule has 0 spiro atoms. The van der Waals surface area contributed by atoms with Gasteiger partial charge in [0.2, 0.25) is 0 Å². The van der Waals surface area contributed by atoms with Crippen molar-refractivity contribution in [1.82, 2.24) is 15.0 Å². The van der Waals surface area contributed by atoms with Gasteiger partial charge in [-0.2, -0.15) is 0 Å². The van der Waals surface area contributed by atoms with Crippen LogP contribution in [0.4, 0.5) is 5.82 Å². The van der Waals surface area contributed by atoms with Crippen LogP contribution in [0.3, 0.4) is 0 Å². The average Bonchev–Trinajstić information content (AvgIpc) is 3.08. The summed E-state index contributed by atoms with van der Waals surface area (Å²) in [6.45, 7) is 4.12. The molecule has 0 bridgehead atoms. The highest BCUT2D eigenvalue weighted by atomic mass is 32.1. The van der Waals surface area contributed by atoms with Crippen LogP contribution in [0.25, 0.3) is 10.2 Å². The third kappa shape index (κ3) is 2.25. The fraction of sp³-hybridized carbons (Fsp3) is 0.353. The lowest BCUT2D eigenvalue weighted by molar-refractivity contribution is 0.868. The van der Waals surface area contributed by atoms with Gasteiger partial charge in [0, 0.05) is 17.3 Å². The van der Waals surface area contributed by atoms with Gasteiger partial charge in [-0.3, -0.25) is 4.98 Å². The van der Waals surface area contributed by atoms with E-state index in [0.717, 1.165) is 22.9 Å². The molecule has 0 amide bonds. The number of hydrogen-bond donors (Lipinski definition) is 1. The van der Waals surface area contributed by atoms with Gasteiger partial charge in [-0.15, -0.1) is 11.3 Å². The fourth-order valence-electron chi connectivity index (χ4n) is 3.15. The third-order valence-electron chi connectivity index (χ3n) is 4.24. The van der Waals surface area contributed by atoms with Crippen LogP contribution < -0.4 is 5.32 Å². The second kappa shape index (κ2) is 5.32. The van der Waals surface area contributed by atoms with E-state index >= 15 is 0 Å². The topological polar surface area (TPSA) is 50.7 Å². The van der Waals surface area contributed by atoms with Crippen LogP contribution >= 0.6 is 11.3 Å². The average molecular weight is 310 g/mol. The van der Waals surface area contributed by atoms with E-state index in [4.69, 9.17) is 0 Å². The smallest absolute Gasteiger partial charge is 0.139 e. The van der Waals surface area contributed by atoms with Crippen molar-refractivity contribution in [2.75, 3.05) is 5.32 Å². The summed E-state index contributed by atoms with van der Waals surface area (Å²) in [6, 6.07) is 4.28. The predicted molar refractivity (Wildman–Crippen MR) is 90.5 cm³/mol. The molecule has 0 radical (unpaired) electrons. The molecule has 0 aromatic carbocycles. The van der Waals surface area contributed by atoms with E-state index in [0.29, 0.717) is 0 Å². The summed E-state index contributed by atoms with van der Waals surface area (Å²) in [5.41, 5.74) is 2.68. The number of nitrogens with one attached hydrogen (secondary N) is 1. The van der Waals surface area contributed by atoms with Crippen molar-refractivity contribution < 1.29 is 0 Å². The zero-order chi connectivity index (χ0) is 15.1. The Balaban J connectivity index is 1.78. The molecule has 1 atom stereocenters. The molecule has 4 rings (SSSR count). The number of aryl methyl sites for hydroxylation is 3. The lowest BCUT2D eigenvalue weighted by Gasteiger charge is -2.16. The Morgan fingerprint density at radius 2 is 2.00 bits per heavy atom. The highest BCUT2D eigenvalue weighted by Gasteiger charge is 2.22.